The lowest BCUT2D eigenvalue weighted by Gasteiger charge is -2.10. The Balaban J connectivity index is 1.83. The predicted octanol–water partition coefficient (Wildman–Crippen LogP) is 3.19. The monoisotopic (exact) mass is 405 g/mol. The maximum atomic E-state index is 12.1. The lowest BCUT2D eigenvalue weighted by molar-refractivity contribution is -0.118. The molecule has 6 nitrogen and oxygen atoms in total. The van der Waals surface area contributed by atoms with Gasteiger partial charge in [-0.05, 0) is 32.9 Å². The van der Waals surface area contributed by atoms with Gasteiger partial charge in [-0.25, -0.2) is 14.8 Å². The molecule has 0 spiro atoms. The lowest BCUT2D eigenvalue weighted by Crippen LogP contribution is -2.27. The van der Waals surface area contributed by atoms with E-state index in [1.165, 1.54) is 29.3 Å². The van der Waals surface area contributed by atoms with Gasteiger partial charge in [0.05, 0.1) is 18.6 Å². The largest absolute Gasteiger partial charge is 0.465 e. The van der Waals surface area contributed by atoms with Crippen molar-refractivity contribution in [3.63, 3.8) is 0 Å². The molecule has 2 aromatic rings. The predicted molar refractivity (Wildman–Crippen MR) is 108 cm³/mol. The molecule has 27 heavy (non-hydrogen) atoms. The Morgan fingerprint density at radius 2 is 1.78 bits per heavy atom. The van der Waals surface area contributed by atoms with E-state index in [2.05, 4.69) is 46.5 Å². The Kier molecular flexibility index (Phi) is 8.12. The van der Waals surface area contributed by atoms with E-state index in [1.807, 2.05) is 0 Å². The molecule has 0 radical (unpaired) electrons. The highest BCUT2D eigenvalue weighted by Gasteiger charge is 2.19. The minimum atomic E-state index is -0.495. The second-order valence-electron chi connectivity index (χ2n) is 5.83. The first-order valence-electron chi connectivity index (χ1n) is 8.43. The summed E-state index contributed by atoms with van der Waals surface area (Å²) in [7, 11) is 1.31. The maximum absolute atomic E-state index is 12.1. The fourth-order valence-corrected chi connectivity index (χ4v) is 4.01. The van der Waals surface area contributed by atoms with E-state index in [-0.39, 0.29) is 11.7 Å². The molecule has 0 aliphatic carbocycles. The van der Waals surface area contributed by atoms with Gasteiger partial charge in [-0.2, -0.15) is 0 Å². The number of hydrogen-bond donors (Lipinski definition) is 1. The highest BCUT2D eigenvalue weighted by Crippen LogP contribution is 2.23. The first-order chi connectivity index (χ1) is 12.9. The summed E-state index contributed by atoms with van der Waals surface area (Å²) in [6, 6.07) is 8.29. The van der Waals surface area contributed by atoms with Crippen LogP contribution in [0.2, 0.25) is 0 Å². The Morgan fingerprint density at radius 3 is 2.44 bits per heavy atom. The van der Waals surface area contributed by atoms with Crippen LogP contribution in [0.4, 0.5) is 0 Å². The standard InChI is InChI=1S/C19H23N3O3S2/c1-12-5-7-15(8-6-12)26-10-9-20-16(23)11-27-18-17(19(24)25-4)13(2)21-14(3)22-18/h5-8H,9-11H2,1-4H3,(H,20,23). The molecule has 8 heteroatoms. The van der Waals surface area contributed by atoms with Gasteiger partial charge in [-0.1, -0.05) is 29.5 Å². The third-order valence-electron chi connectivity index (χ3n) is 3.61. The molecule has 144 valence electrons. The number of methoxy groups -OCH3 is 1. The van der Waals surface area contributed by atoms with E-state index >= 15 is 0 Å². The summed E-state index contributed by atoms with van der Waals surface area (Å²) >= 11 is 2.91. The van der Waals surface area contributed by atoms with Gasteiger partial charge in [0, 0.05) is 17.2 Å². The summed E-state index contributed by atoms with van der Waals surface area (Å²) in [4.78, 5) is 33.7. The van der Waals surface area contributed by atoms with E-state index in [4.69, 9.17) is 4.74 Å². The van der Waals surface area contributed by atoms with Crippen molar-refractivity contribution in [2.45, 2.75) is 30.7 Å². The van der Waals surface area contributed by atoms with Crippen molar-refractivity contribution in [3.8, 4) is 0 Å². The summed E-state index contributed by atoms with van der Waals surface area (Å²) in [5, 5.41) is 3.35. The number of ether oxygens (including phenoxy) is 1. The number of aromatic nitrogens is 2. The Morgan fingerprint density at radius 1 is 1.07 bits per heavy atom. The number of benzene rings is 1. The fourth-order valence-electron chi connectivity index (χ4n) is 2.30. The molecule has 2 rings (SSSR count). The van der Waals surface area contributed by atoms with Crippen molar-refractivity contribution in [2.75, 3.05) is 25.2 Å². The summed E-state index contributed by atoms with van der Waals surface area (Å²) < 4.78 is 4.80. The third kappa shape index (κ3) is 6.55. The topological polar surface area (TPSA) is 81.2 Å². The molecule has 1 aromatic carbocycles. The number of nitrogens with one attached hydrogen (secondary N) is 1. The molecule has 1 aromatic heterocycles. The zero-order chi connectivity index (χ0) is 19.8. The number of rotatable bonds is 8. The van der Waals surface area contributed by atoms with Crippen LogP contribution in [0.1, 0.15) is 27.4 Å². The van der Waals surface area contributed by atoms with Crippen LogP contribution < -0.4 is 5.32 Å². The Hall–Kier alpha value is -2.06. The van der Waals surface area contributed by atoms with Crippen LogP contribution in [-0.2, 0) is 9.53 Å². The molecule has 1 heterocycles. The van der Waals surface area contributed by atoms with E-state index in [0.29, 0.717) is 28.7 Å². The van der Waals surface area contributed by atoms with Gasteiger partial charge in [-0.15, -0.1) is 11.8 Å². The molecule has 0 fully saturated rings. The van der Waals surface area contributed by atoms with Crippen LogP contribution in [-0.4, -0.2) is 47.0 Å². The quantitative estimate of drug-likeness (QED) is 0.313. The van der Waals surface area contributed by atoms with Crippen LogP contribution in [0.15, 0.2) is 34.2 Å². The average molecular weight is 406 g/mol. The number of amides is 1. The molecule has 0 bridgehead atoms. The SMILES string of the molecule is COC(=O)c1c(C)nc(C)nc1SCC(=O)NCCSc1ccc(C)cc1. The highest BCUT2D eigenvalue weighted by molar-refractivity contribution is 8.00. The second-order valence-corrected chi connectivity index (χ2v) is 7.96. The zero-order valence-electron chi connectivity index (χ0n) is 15.9. The number of aryl methyl sites for hydroxylation is 3. The van der Waals surface area contributed by atoms with E-state index in [0.717, 1.165) is 5.75 Å². The molecule has 0 saturated heterocycles. The van der Waals surface area contributed by atoms with Crippen molar-refractivity contribution in [2.24, 2.45) is 0 Å². The van der Waals surface area contributed by atoms with Gasteiger partial charge in [0.25, 0.3) is 0 Å². The summed E-state index contributed by atoms with van der Waals surface area (Å²) in [5.74, 6) is 0.921. The first-order valence-corrected chi connectivity index (χ1v) is 10.4. The molecule has 0 aliphatic rings. The second kappa shape index (κ2) is 10.3. The molecule has 1 N–H and O–H groups in total. The summed E-state index contributed by atoms with van der Waals surface area (Å²) in [6.07, 6.45) is 0. The van der Waals surface area contributed by atoms with Crippen molar-refractivity contribution in [3.05, 3.63) is 46.9 Å². The van der Waals surface area contributed by atoms with Gasteiger partial charge in [-0.3, -0.25) is 4.79 Å². The Bertz CT molecular complexity index is 811. The smallest absolute Gasteiger partial charge is 0.342 e. The van der Waals surface area contributed by atoms with Crippen LogP contribution in [0, 0.1) is 20.8 Å². The highest BCUT2D eigenvalue weighted by atomic mass is 32.2. The van der Waals surface area contributed by atoms with Crippen molar-refractivity contribution in [1.82, 2.24) is 15.3 Å². The summed E-state index contributed by atoms with van der Waals surface area (Å²) in [5.41, 5.74) is 2.09. The van der Waals surface area contributed by atoms with E-state index in [1.54, 1.807) is 25.6 Å². The van der Waals surface area contributed by atoms with Gasteiger partial charge < -0.3 is 10.1 Å². The normalized spacial score (nSPS) is 10.5. The molecule has 1 amide bonds. The van der Waals surface area contributed by atoms with E-state index in [9.17, 15) is 9.59 Å². The average Bonchev–Trinajstić information content (AvgIpc) is 2.64. The number of hydrogen-bond acceptors (Lipinski definition) is 7. The minimum Gasteiger partial charge on any atom is -0.465 e. The molecule has 0 unspecified atom stereocenters. The molecular formula is C19H23N3O3S2. The first kappa shape index (κ1) is 21.2. The van der Waals surface area contributed by atoms with Crippen LogP contribution in [0.25, 0.3) is 0 Å². The van der Waals surface area contributed by atoms with Gasteiger partial charge in [0.1, 0.15) is 16.4 Å². The Labute approximate surface area is 167 Å². The summed E-state index contributed by atoms with van der Waals surface area (Å²) in [6.45, 7) is 6.11. The number of thioether (sulfide) groups is 2. The maximum Gasteiger partial charge on any atom is 0.342 e. The van der Waals surface area contributed by atoms with Gasteiger partial charge in [0.15, 0.2) is 0 Å². The number of carbonyl (C=O) groups excluding carboxylic acids is 2. The molecular weight excluding hydrogens is 382 g/mol. The van der Waals surface area contributed by atoms with Crippen LogP contribution in [0.5, 0.6) is 0 Å². The molecule has 0 aliphatic heterocycles. The number of carbonyl (C=O) groups is 2. The lowest BCUT2D eigenvalue weighted by atomic mass is 10.2. The molecule has 0 saturated carbocycles. The van der Waals surface area contributed by atoms with Crippen molar-refractivity contribution < 1.29 is 14.3 Å². The minimum absolute atomic E-state index is 0.103. The fraction of sp³-hybridized carbons (Fsp3) is 0.368. The van der Waals surface area contributed by atoms with Crippen molar-refractivity contribution >= 4 is 35.4 Å². The van der Waals surface area contributed by atoms with Crippen LogP contribution >= 0.6 is 23.5 Å². The van der Waals surface area contributed by atoms with E-state index < -0.39 is 5.97 Å². The number of esters is 1. The van der Waals surface area contributed by atoms with Gasteiger partial charge in [0.2, 0.25) is 5.91 Å². The van der Waals surface area contributed by atoms with Crippen molar-refractivity contribution in [1.29, 1.82) is 0 Å². The zero-order valence-corrected chi connectivity index (χ0v) is 17.5. The number of nitrogens with zero attached hydrogens (tertiary/aromatic N) is 2. The molecule has 0 atom stereocenters. The van der Waals surface area contributed by atoms with Crippen LogP contribution in [0.3, 0.4) is 0 Å². The van der Waals surface area contributed by atoms with Gasteiger partial charge >= 0.3 is 5.97 Å². The third-order valence-corrected chi connectivity index (χ3v) is 5.60.